The number of nitrogens with zero attached hydrogens (tertiary/aromatic N) is 1. The minimum Gasteiger partial charge on any atom is -0.269 e. The molecule has 1 aliphatic carbocycles. The molecule has 13 heavy (non-hydrogen) atoms. The fourth-order valence-corrected chi connectivity index (χ4v) is 1.89. The number of rotatable bonds is 4. The van der Waals surface area contributed by atoms with Crippen molar-refractivity contribution < 1.29 is 0 Å². The maximum Gasteiger partial charge on any atom is 0.0159 e. The van der Waals surface area contributed by atoms with Gasteiger partial charge in [-0.15, -0.1) is 0 Å². The van der Waals surface area contributed by atoms with Crippen LogP contribution in [0.4, 0.5) is 0 Å². The summed E-state index contributed by atoms with van der Waals surface area (Å²) in [5.74, 6) is 6.58. The van der Waals surface area contributed by atoms with Gasteiger partial charge in [-0.25, -0.2) is 5.01 Å². The van der Waals surface area contributed by atoms with Gasteiger partial charge in [-0.1, -0.05) is 25.5 Å². The second-order valence-corrected chi connectivity index (χ2v) is 3.94. The highest BCUT2D eigenvalue weighted by molar-refractivity contribution is 5.05. The monoisotopic (exact) mass is 182 g/mol. The van der Waals surface area contributed by atoms with Crippen molar-refractivity contribution in [3.63, 3.8) is 0 Å². The first-order valence-corrected chi connectivity index (χ1v) is 5.43. The van der Waals surface area contributed by atoms with Crippen molar-refractivity contribution in [2.24, 2.45) is 11.8 Å². The summed E-state index contributed by atoms with van der Waals surface area (Å²) in [5.41, 5.74) is 1.64. The van der Waals surface area contributed by atoms with Gasteiger partial charge in [0, 0.05) is 13.1 Å². The molecule has 0 saturated carbocycles. The first kappa shape index (κ1) is 10.7. The minimum absolute atomic E-state index is 0.792. The van der Waals surface area contributed by atoms with Crippen LogP contribution in [0.3, 0.4) is 0 Å². The van der Waals surface area contributed by atoms with Crippen LogP contribution < -0.4 is 5.84 Å². The van der Waals surface area contributed by atoms with Crippen molar-refractivity contribution in [1.82, 2.24) is 5.01 Å². The average molecular weight is 182 g/mol. The highest BCUT2D eigenvalue weighted by atomic mass is 15.4. The molecule has 1 atom stereocenters. The van der Waals surface area contributed by atoms with Gasteiger partial charge in [-0.05, 0) is 31.6 Å². The van der Waals surface area contributed by atoms with Gasteiger partial charge in [0.2, 0.25) is 0 Å². The SMILES string of the molecule is CCC1=CCC(CN(N)CC)CC1. The molecule has 0 radical (unpaired) electrons. The second kappa shape index (κ2) is 5.40. The molecule has 0 amide bonds. The number of hydrogen-bond donors (Lipinski definition) is 1. The van der Waals surface area contributed by atoms with Crippen LogP contribution in [0, 0.1) is 5.92 Å². The molecule has 0 aromatic carbocycles. The quantitative estimate of drug-likeness (QED) is 0.411. The molecule has 76 valence electrons. The molecule has 1 rings (SSSR count). The Kier molecular flexibility index (Phi) is 4.46. The van der Waals surface area contributed by atoms with Gasteiger partial charge in [-0.2, -0.15) is 0 Å². The lowest BCUT2D eigenvalue weighted by atomic mass is 9.88. The van der Waals surface area contributed by atoms with E-state index in [-0.39, 0.29) is 0 Å². The lowest BCUT2D eigenvalue weighted by molar-refractivity contribution is 0.236. The van der Waals surface area contributed by atoms with Crippen LogP contribution in [0.15, 0.2) is 11.6 Å². The molecule has 0 spiro atoms. The Labute approximate surface area is 81.8 Å². The maximum absolute atomic E-state index is 5.78. The molecule has 2 nitrogen and oxygen atoms in total. The Morgan fingerprint density at radius 1 is 1.54 bits per heavy atom. The summed E-state index contributed by atoms with van der Waals surface area (Å²) in [7, 11) is 0. The standard InChI is InChI=1S/C11H22N2/c1-3-10-5-7-11(8-6-10)9-13(12)4-2/h5,11H,3-4,6-9,12H2,1-2H3. The first-order valence-electron chi connectivity index (χ1n) is 5.43. The van der Waals surface area contributed by atoms with Crippen molar-refractivity contribution >= 4 is 0 Å². The molecule has 0 aromatic heterocycles. The summed E-state index contributed by atoms with van der Waals surface area (Å²) in [5, 5.41) is 1.93. The van der Waals surface area contributed by atoms with Gasteiger partial charge in [0.05, 0.1) is 0 Å². The van der Waals surface area contributed by atoms with Crippen LogP contribution in [0.5, 0.6) is 0 Å². The highest BCUT2D eigenvalue weighted by Gasteiger charge is 2.14. The van der Waals surface area contributed by atoms with E-state index in [1.165, 1.54) is 25.7 Å². The van der Waals surface area contributed by atoms with Gasteiger partial charge in [-0.3, -0.25) is 5.84 Å². The van der Waals surface area contributed by atoms with E-state index in [0.29, 0.717) is 0 Å². The maximum atomic E-state index is 5.78. The molecule has 0 fully saturated rings. The number of hydrogen-bond acceptors (Lipinski definition) is 2. The molecule has 0 heterocycles. The molecule has 0 bridgehead atoms. The van der Waals surface area contributed by atoms with Crippen LogP contribution in [0.25, 0.3) is 0 Å². The molecule has 2 N–H and O–H groups in total. The fourth-order valence-electron chi connectivity index (χ4n) is 1.89. The van der Waals surface area contributed by atoms with Crippen LogP contribution in [0.1, 0.15) is 39.5 Å². The summed E-state index contributed by atoms with van der Waals surface area (Å²) in [4.78, 5) is 0. The van der Waals surface area contributed by atoms with Gasteiger partial charge in [0.15, 0.2) is 0 Å². The predicted molar refractivity (Wildman–Crippen MR) is 57.1 cm³/mol. The van der Waals surface area contributed by atoms with E-state index in [9.17, 15) is 0 Å². The Bertz CT molecular complexity index is 175. The molecule has 2 heteroatoms. The van der Waals surface area contributed by atoms with Crippen molar-refractivity contribution in [3.05, 3.63) is 11.6 Å². The smallest absolute Gasteiger partial charge is 0.0159 e. The summed E-state index contributed by atoms with van der Waals surface area (Å²) < 4.78 is 0. The van der Waals surface area contributed by atoms with Crippen LogP contribution in [0.2, 0.25) is 0 Å². The zero-order valence-corrected chi connectivity index (χ0v) is 8.92. The number of allylic oxidation sites excluding steroid dienone is 2. The summed E-state index contributed by atoms with van der Waals surface area (Å²) in [6.07, 6.45) is 7.49. The lowest BCUT2D eigenvalue weighted by Crippen LogP contribution is -2.35. The Morgan fingerprint density at radius 2 is 2.31 bits per heavy atom. The fraction of sp³-hybridized carbons (Fsp3) is 0.818. The number of nitrogens with two attached hydrogens (primary N) is 1. The normalized spacial score (nSPS) is 23.4. The van der Waals surface area contributed by atoms with E-state index < -0.39 is 0 Å². The molecule has 1 aliphatic rings. The molecule has 0 aromatic rings. The summed E-state index contributed by atoms with van der Waals surface area (Å²) >= 11 is 0. The minimum atomic E-state index is 0.792. The van der Waals surface area contributed by atoms with Crippen LogP contribution >= 0.6 is 0 Å². The highest BCUT2D eigenvalue weighted by Crippen LogP contribution is 2.25. The molecule has 1 unspecified atom stereocenters. The third-order valence-electron chi connectivity index (χ3n) is 2.97. The molecular formula is C11H22N2. The topological polar surface area (TPSA) is 29.3 Å². The van der Waals surface area contributed by atoms with Gasteiger partial charge in [0.1, 0.15) is 0 Å². The van der Waals surface area contributed by atoms with E-state index in [1.807, 2.05) is 5.01 Å². The van der Waals surface area contributed by atoms with Crippen molar-refractivity contribution in [3.8, 4) is 0 Å². The summed E-state index contributed by atoms with van der Waals surface area (Å²) in [6, 6.07) is 0. The van der Waals surface area contributed by atoms with E-state index in [4.69, 9.17) is 5.84 Å². The zero-order chi connectivity index (χ0) is 9.68. The van der Waals surface area contributed by atoms with Crippen molar-refractivity contribution in [1.29, 1.82) is 0 Å². The first-order chi connectivity index (χ1) is 6.26. The van der Waals surface area contributed by atoms with Crippen LogP contribution in [-0.4, -0.2) is 18.1 Å². The van der Waals surface area contributed by atoms with Crippen LogP contribution in [-0.2, 0) is 0 Å². The van der Waals surface area contributed by atoms with Crippen molar-refractivity contribution in [2.45, 2.75) is 39.5 Å². The average Bonchev–Trinajstić information content (AvgIpc) is 2.19. The number of hydrazine groups is 1. The molecule has 0 aliphatic heterocycles. The lowest BCUT2D eigenvalue weighted by Gasteiger charge is -2.25. The van der Waals surface area contributed by atoms with Gasteiger partial charge >= 0.3 is 0 Å². The second-order valence-electron chi connectivity index (χ2n) is 3.94. The van der Waals surface area contributed by atoms with E-state index >= 15 is 0 Å². The van der Waals surface area contributed by atoms with E-state index in [2.05, 4.69) is 19.9 Å². The third-order valence-corrected chi connectivity index (χ3v) is 2.97. The summed E-state index contributed by atoms with van der Waals surface area (Å²) in [6.45, 7) is 6.37. The van der Waals surface area contributed by atoms with Crippen molar-refractivity contribution in [2.75, 3.05) is 13.1 Å². The van der Waals surface area contributed by atoms with E-state index in [1.54, 1.807) is 5.57 Å². The predicted octanol–water partition coefficient (Wildman–Crippen LogP) is 2.32. The Morgan fingerprint density at radius 3 is 2.77 bits per heavy atom. The third kappa shape index (κ3) is 3.49. The van der Waals surface area contributed by atoms with E-state index in [0.717, 1.165) is 19.0 Å². The van der Waals surface area contributed by atoms with Gasteiger partial charge in [0.25, 0.3) is 0 Å². The van der Waals surface area contributed by atoms with Gasteiger partial charge < -0.3 is 0 Å². The zero-order valence-electron chi connectivity index (χ0n) is 8.92. The largest absolute Gasteiger partial charge is 0.269 e. The Balaban J connectivity index is 2.29. The molecular weight excluding hydrogens is 160 g/mol. The Hall–Kier alpha value is -0.340. The molecule has 0 saturated heterocycles.